The summed E-state index contributed by atoms with van der Waals surface area (Å²) in [5.74, 6) is 0.812. The average molecular weight is 726 g/mol. The van der Waals surface area contributed by atoms with Crippen molar-refractivity contribution in [2.45, 2.75) is 123 Å². The van der Waals surface area contributed by atoms with Gasteiger partial charge < -0.3 is 14.5 Å². The van der Waals surface area contributed by atoms with Gasteiger partial charge in [0, 0.05) is 36.0 Å². The van der Waals surface area contributed by atoms with E-state index in [1.165, 1.54) is 5.57 Å². The number of H-pyrrole nitrogens is 1. The second kappa shape index (κ2) is 11.8. The molecular weight excluding hydrogens is 675 g/mol. The Kier molecular flexibility index (Phi) is 7.60. The molecule has 280 valence electrons. The van der Waals surface area contributed by atoms with Crippen molar-refractivity contribution in [3.63, 3.8) is 0 Å². The molecule has 0 bridgehead atoms. The first-order chi connectivity index (χ1) is 25.5. The van der Waals surface area contributed by atoms with Gasteiger partial charge in [-0.1, -0.05) is 62.4 Å². The highest BCUT2D eigenvalue weighted by Crippen LogP contribution is 2.63. The number of carbonyl (C=O) groups is 2. The van der Waals surface area contributed by atoms with Crippen LogP contribution in [0.1, 0.15) is 105 Å². The van der Waals surface area contributed by atoms with Crippen molar-refractivity contribution in [3.8, 4) is 22.4 Å². The van der Waals surface area contributed by atoms with Crippen molar-refractivity contribution >= 4 is 34.2 Å². The zero-order valence-corrected chi connectivity index (χ0v) is 32.7. The number of carbonyl (C=O) groups excluding carboxylic acids is 2. The van der Waals surface area contributed by atoms with Gasteiger partial charge in [-0.25, -0.2) is 14.6 Å². The van der Waals surface area contributed by atoms with Crippen LogP contribution in [0.15, 0.2) is 78.1 Å². The van der Waals surface area contributed by atoms with Crippen LogP contribution in [0.5, 0.6) is 0 Å². The van der Waals surface area contributed by atoms with Gasteiger partial charge in [-0.2, -0.15) is 0 Å². The first kappa shape index (κ1) is 34.8. The van der Waals surface area contributed by atoms with Gasteiger partial charge in [0.15, 0.2) is 0 Å². The fourth-order valence-electron chi connectivity index (χ4n) is 9.18. The van der Waals surface area contributed by atoms with E-state index in [-0.39, 0.29) is 47.2 Å². The van der Waals surface area contributed by atoms with Crippen LogP contribution < -0.4 is 0 Å². The summed E-state index contributed by atoms with van der Waals surface area (Å²) in [7, 11) is 0. The second-order valence-electron chi connectivity index (χ2n) is 19.0. The number of hydrogen-bond acceptors (Lipinski definition) is 6. The van der Waals surface area contributed by atoms with Gasteiger partial charge in [0.1, 0.15) is 17.0 Å². The Hall–Kier alpha value is -4.92. The summed E-state index contributed by atoms with van der Waals surface area (Å²) in [5, 5.41) is 2.31. The molecule has 2 aliphatic carbocycles. The highest BCUT2D eigenvalue weighted by Gasteiger charge is 2.65. The molecule has 9 nitrogen and oxygen atoms in total. The third kappa shape index (κ3) is 6.19. The third-order valence-corrected chi connectivity index (χ3v) is 12.3. The molecule has 0 unspecified atom stereocenters. The number of imidazole rings is 1. The van der Waals surface area contributed by atoms with E-state index in [4.69, 9.17) is 19.5 Å². The fraction of sp³-hybridized carbons (Fsp3) is 0.467. The normalized spacial score (nSPS) is 28.4. The van der Waals surface area contributed by atoms with Gasteiger partial charge in [0.2, 0.25) is 0 Å². The number of nitrogens with zero attached hydrogens (tertiary/aromatic N) is 4. The first-order valence-electron chi connectivity index (χ1n) is 19.5. The van der Waals surface area contributed by atoms with Crippen LogP contribution in [0.3, 0.4) is 0 Å². The molecule has 6 atom stereocenters. The van der Waals surface area contributed by atoms with E-state index in [9.17, 15) is 9.59 Å². The number of fused-ring (bicyclic) bond motifs is 3. The fourth-order valence-corrected chi connectivity index (χ4v) is 9.18. The molecule has 3 aromatic carbocycles. The van der Waals surface area contributed by atoms with Crippen molar-refractivity contribution in [1.82, 2.24) is 19.8 Å². The number of hydrogen-bond donors (Lipinski definition) is 1. The van der Waals surface area contributed by atoms with Crippen LogP contribution >= 0.6 is 0 Å². The smallest absolute Gasteiger partial charge is 0.411 e. The maximum Gasteiger partial charge on any atom is 0.411 e. The average Bonchev–Trinajstić information content (AvgIpc) is 3.57. The van der Waals surface area contributed by atoms with Crippen LogP contribution in [0.2, 0.25) is 0 Å². The highest BCUT2D eigenvalue weighted by molar-refractivity contribution is 6.03. The summed E-state index contributed by atoms with van der Waals surface area (Å²) >= 11 is 0. The SMILES string of the molecule is CC(C)(C)OC(=O)N1[C@H]2C[C@@]2(C)C[C@H]1C1=NC=C(c2ccc(-c3ccc4cc(-c5cnc([C@@H]6C[C@]7(C)C[C@@H]7N6C(=O)OC(C)(C)C)[nH]5)ccc4c3)cc2)C1. The van der Waals surface area contributed by atoms with E-state index >= 15 is 0 Å². The molecule has 4 aromatic rings. The van der Waals surface area contributed by atoms with E-state index in [0.717, 1.165) is 82.4 Å². The predicted octanol–water partition coefficient (Wildman–Crippen LogP) is 10.3. The standard InChI is InChI=1S/C45H51N5O4/c1-42(2,3)53-40(51)49-35(20-44(7)22-37(44)49)33-19-32(24-46-33)27-11-9-26(10-12-27)28-13-14-30-18-31(16-15-29(30)17-28)34-25-47-39(48-34)36-21-45(8)23-38(45)50(36)41(52)54-43(4,5)6/h9-18,24-25,35-38H,19-23H2,1-8H3,(H,47,48)/t35-,36-,37-,38-,44+,45+/m0/s1. The summed E-state index contributed by atoms with van der Waals surface area (Å²) in [4.78, 5) is 43.5. The van der Waals surface area contributed by atoms with Crippen molar-refractivity contribution in [3.05, 3.63) is 84.4 Å². The number of allylic oxidation sites excluding steroid dienone is 1. The number of rotatable bonds is 5. The summed E-state index contributed by atoms with van der Waals surface area (Å²) in [5.41, 5.74) is 6.91. The van der Waals surface area contributed by atoms with E-state index in [0.29, 0.717) is 0 Å². The van der Waals surface area contributed by atoms with Gasteiger partial charge in [-0.05, 0) is 123 Å². The number of nitrogens with one attached hydrogen (secondary N) is 1. The zero-order chi connectivity index (χ0) is 37.9. The van der Waals surface area contributed by atoms with Gasteiger partial charge in [0.05, 0.1) is 24.0 Å². The second-order valence-corrected chi connectivity index (χ2v) is 19.0. The number of ether oxygens (including phenoxy) is 2. The molecule has 2 saturated carbocycles. The van der Waals surface area contributed by atoms with E-state index in [1.54, 1.807) is 0 Å². The molecule has 0 radical (unpaired) electrons. The maximum absolute atomic E-state index is 13.2. The molecule has 9 heteroatoms. The molecule has 4 fully saturated rings. The number of likely N-dealkylation sites (tertiary alicyclic amines) is 2. The number of aromatic amines is 1. The Morgan fingerprint density at radius 1 is 0.704 bits per heavy atom. The lowest BCUT2D eigenvalue weighted by molar-refractivity contribution is 0.0172. The summed E-state index contributed by atoms with van der Waals surface area (Å²) in [6, 6.07) is 22.1. The van der Waals surface area contributed by atoms with Crippen molar-refractivity contribution in [2.75, 3.05) is 0 Å². The molecule has 2 amide bonds. The first-order valence-corrected chi connectivity index (χ1v) is 19.5. The highest BCUT2D eigenvalue weighted by atomic mass is 16.6. The summed E-state index contributed by atoms with van der Waals surface area (Å²) in [6.07, 6.45) is 8.00. The largest absolute Gasteiger partial charge is 0.444 e. The van der Waals surface area contributed by atoms with Crippen molar-refractivity contribution < 1.29 is 19.1 Å². The molecule has 2 saturated heterocycles. The van der Waals surface area contributed by atoms with Crippen LogP contribution in [0.4, 0.5) is 9.59 Å². The molecule has 0 spiro atoms. The van der Waals surface area contributed by atoms with E-state index in [1.807, 2.05) is 63.7 Å². The lowest BCUT2D eigenvalue weighted by atomic mass is 9.93. The quantitative estimate of drug-likeness (QED) is 0.221. The minimum absolute atomic E-state index is 0.0130. The predicted molar refractivity (Wildman–Crippen MR) is 212 cm³/mol. The Bertz CT molecular complexity index is 2260. The number of amides is 2. The Morgan fingerprint density at radius 2 is 1.22 bits per heavy atom. The maximum atomic E-state index is 13.2. The van der Waals surface area contributed by atoms with Gasteiger partial charge in [0.25, 0.3) is 0 Å². The summed E-state index contributed by atoms with van der Waals surface area (Å²) in [6.45, 7) is 16.0. The molecule has 1 aromatic heterocycles. The number of piperidine rings is 2. The van der Waals surface area contributed by atoms with E-state index in [2.05, 4.69) is 79.5 Å². The summed E-state index contributed by atoms with van der Waals surface area (Å²) < 4.78 is 11.6. The molecule has 5 aliphatic rings. The van der Waals surface area contributed by atoms with Crippen molar-refractivity contribution in [1.29, 1.82) is 0 Å². The topological polar surface area (TPSA) is 100 Å². The monoisotopic (exact) mass is 725 g/mol. The number of aliphatic imine (C=N–C) groups is 1. The number of benzene rings is 3. The number of aromatic nitrogens is 2. The minimum atomic E-state index is -0.546. The Morgan fingerprint density at radius 3 is 1.83 bits per heavy atom. The lowest BCUT2D eigenvalue weighted by Gasteiger charge is -2.30. The van der Waals surface area contributed by atoms with Crippen LogP contribution in [-0.2, 0) is 9.47 Å². The lowest BCUT2D eigenvalue weighted by Crippen LogP contribution is -2.45. The Balaban J connectivity index is 0.871. The molecule has 54 heavy (non-hydrogen) atoms. The molecule has 3 aliphatic heterocycles. The molecule has 1 N–H and O–H groups in total. The molecule has 9 rings (SSSR count). The van der Waals surface area contributed by atoms with Gasteiger partial charge in [-0.15, -0.1) is 0 Å². The van der Waals surface area contributed by atoms with Gasteiger partial charge in [-0.3, -0.25) is 14.8 Å². The molecule has 4 heterocycles. The van der Waals surface area contributed by atoms with Crippen LogP contribution in [0.25, 0.3) is 38.7 Å². The molecular formula is C45H51N5O4. The zero-order valence-electron chi connectivity index (χ0n) is 32.7. The van der Waals surface area contributed by atoms with Crippen LogP contribution in [0, 0.1) is 10.8 Å². The van der Waals surface area contributed by atoms with Gasteiger partial charge >= 0.3 is 12.2 Å². The Labute approximate surface area is 317 Å². The van der Waals surface area contributed by atoms with Crippen LogP contribution in [-0.4, -0.2) is 67.0 Å². The van der Waals surface area contributed by atoms with Crippen molar-refractivity contribution in [2.24, 2.45) is 15.8 Å². The van der Waals surface area contributed by atoms with E-state index < -0.39 is 11.2 Å². The minimum Gasteiger partial charge on any atom is -0.444 e. The third-order valence-electron chi connectivity index (χ3n) is 12.3.